The van der Waals surface area contributed by atoms with Crippen molar-refractivity contribution in [3.8, 4) is 17.0 Å². The van der Waals surface area contributed by atoms with Crippen LogP contribution in [-0.4, -0.2) is 35.0 Å². The van der Waals surface area contributed by atoms with Gasteiger partial charge in [0, 0.05) is 11.8 Å². The largest absolute Gasteiger partial charge is 0.490 e. The normalized spacial score (nSPS) is 11.2. The zero-order chi connectivity index (χ0) is 21.2. The molecule has 0 bridgehead atoms. The van der Waals surface area contributed by atoms with E-state index >= 15 is 0 Å². The van der Waals surface area contributed by atoms with Crippen molar-refractivity contribution in [2.24, 2.45) is 5.16 Å². The summed E-state index contributed by atoms with van der Waals surface area (Å²) in [5.41, 5.74) is 4.53. The van der Waals surface area contributed by atoms with Crippen molar-refractivity contribution in [2.75, 3.05) is 13.2 Å². The molecule has 154 valence electrons. The molecule has 0 aliphatic heterocycles. The maximum Gasteiger partial charge on any atom is 0.307 e. The van der Waals surface area contributed by atoms with Gasteiger partial charge in [-0.15, -0.1) is 0 Å². The highest BCUT2D eigenvalue weighted by Crippen LogP contribution is 2.18. The first-order valence-electron chi connectivity index (χ1n) is 9.80. The molecule has 0 aliphatic rings. The van der Waals surface area contributed by atoms with Crippen LogP contribution in [0.4, 0.5) is 0 Å². The van der Waals surface area contributed by atoms with Gasteiger partial charge < -0.3 is 14.7 Å². The lowest BCUT2D eigenvalue weighted by molar-refractivity contribution is -0.136. The second-order valence-electron chi connectivity index (χ2n) is 6.58. The van der Waals surface area contributed by atoms with E-state index in [2.05, 4.69) is 10.1 Å². The van der Waals surface area contributed by atoms with E-state index in [1.807, 2.05) is 49.4 Å². The molecule has 2 aromatic carbocycles. The number of pyridine rings is 1. The molecule has 6 heteroatoms. The lowest BCUT2D eigenvalue weighted by Crippen LogP contribution is -2.07. The number of oxime groups is 1. The SMILES string of the molecule is CC/C(=N\OCCOc1cccc(CC(=O)O)c1)c1ccc(-c2ccccn2)cc1. The first kappa shape index (κ1) is 21.0. The summed E-state index contributed by atoms with van der Waals surface area (Å²) in [5, 5.41) is 13.1. The second-order valence-corrected chi connectivity index (χ2v) is 6.58. The predicted molar refractivity (Wildman–Crippen MR) is 116 cm³/mol. The molecule has 3 aromatic rings. The quantitative estimate of drug-likeness (QED) is 0.304. The molecule has 0 unspecified atom stereocenters. The molecule has 0 amide bonds. The minimum Gasteiger partial charge on any atom is -0.490 e. The van der Waals surface area contributed by atoms with Crippen LogP contribution >= 0.6 is 0 Å². The van der Waals surface area contributed by atoms with E-state index in [0.29, 0.717) is 24.5 Å². The molecule has 6 nitrogen and oxygen atoms in total. The third-order valence-corrected chi connectivity index (χ3v) is 4.39. The van der Waals surface area contributed by atoms with Crippen molar-refractivity contribution in [1.29, 1.82) is 0 Å². The topological polar surface area (TPSA) is 81.0 Å². The highest BCUT2D eigenvalue weighted by atomic mass is 16.6. The lowest BCUT2D eigenvalue weighted by Gasteiger charge is -2.08. The summed E-state index contributed by atoms with van der Waals surface area (Å²) < 4.78 is 5.62. The molecule has 3 rings (SSSR count). The molecule has 0 fully saturated rings. The molecule has 0 aliphatic carbocycles. The van der Waals surface area contributed by atoms with Gasteiger partial charge in [0.2, 0.25) is 0 Å². The summed E-state index contributed by atoms with van der Waals surface area (Å²) in [4.78, 5) is 20.6. The van der Waals surface area contributed by atoms with Crippen molar-refractivity contribution in [3.63, 3.8) is 0 Å². The number of hydrogen-bond donors (Lipinski definition) is 1. The Balaban J connectivity index is 1.52. The smallest absolute Gasteiger partial charge is 0.307 e. The number of rotatable bonds is 10. The summed E-state index contributed by atoms with van der Waals surface area (Å²) in [6.07, 6.45) is 2.48. The van der Waals surface area contributed by atoms with Crippen molar-refractivity contribution < 1.29 is 19.5 Å². The second kappa shape index (κ2) is 10.8. The average molecular weight is 404 g/mol. The first-order valence-corrected chi connectivity index (χ1v) is 9.80. The van der Waals surface area contributed by atoms with Crippen LogP contribution in [0.1, 0.15) is 24.5 Å². The van der Waals surface area contributed by atoms with Gasteiger partial charge in [-0.25, -0.2) is 0 Å². The maximum absolute atomic E-state index is 10.8. The summed E-state index contributed by atoms with van der Waals surface area (Å²) in [6, 6.07) is 21.0. The summed E-state index contributed by atoms with van der Waals surface area (Å²) in [7, 11) is 0. The van der Waals surface area contributed by atoms with Crippen LogP contribution in [0.15, 0.2) is 78.1 Å². The lowest BCUT2D eigenvalue weighted by atomic mass is 10.0. The van der Waals surface area contributed by atoms with Gasteiger partial charge in [0.15, 0.2) is 6.61 Å². The van der Waals surface area contributed by atoms with Crippen LogP contribution < -0.4 is 4.74 Å². The van der Waals surface area contributed by atoms with Gasteiger partial charge in [0.05, 0.1) is 17.8 Å². The molecule has 0 saturated heterocycles. The summed E-state index contributed by atoms with van der Waals surface area (Å²) in [5.74, 6) is -0.257. The zero-order valence-electron chi connectivity index (χ0n) is 16.8. The van der Waals surface area contributed by atoms with Crippen molar-refractivity contribution >= 4 is 11.7 Å². The van der Waals surface area contributed by atoms with Gasteiger partial charge in [-0.2, -0.15) is 0 Å². The summed E-state index contributed by atoms with van der Waals surface area (Å²) >= 11 is 0. The molecule has 1 N–H and O–H groups in total. The first-order chi connectivity index (χ1) is 14.7. The van der Waals surface area contributed by atoms with E-state index < -0.39 is 5.97 Å². The molecule has 0 atom stereocenters. The molecule has 1 heterocycles. The molecule has 0 radical (unpaired) electrons. The van der Waals surface area contributed by atoms with Crippen LogP contribution in [0.3, 0.4) is 0 Å². The van der Waals surface area contributed by atoms with Crippen molar-refractivity contribution in [1.82, 2.24) is 4.98 Å². The molecular formula is C24H24N2O4. The van der Waals surface area contributed by atoms with Gasteiger partial charge in [-0.3, -0.25) is 9.78 Å². The molecule has 0 saturated carbocycles. The Morgan fingerprint density at radius 1 is 1.03 bits per heavy atom. The Morgan fingerprint density at radius 2 is 1.87 bits per heavy atom. The minimum absolute atomic E-state index is 0.0308. The Labute approximate surface area is 175 Å². The van der Waals surface area contributed by atoms with E-state index in [1.165, 1.54) is 0 Å². The van der Waals surface area contributed by atoms with Gasteiger partial charge in [0.25, 0.3) is 0 Å². The number of nitrogens with zero attached hydrogens (tertiary/aromatic N) is 2. The van der Waals surface area contributed by atoms with Gasteiger partial charge in [0.1, 0.15) is 12.4 Å². The number of aliphatic carboxylic acids is 1. The standard InChI is InChI=1S/C24H24N2O4/c1-2-22(19-9-11-20(12-10-19)23-8-3-4-13-25-23)26-30-15-14-29-21-7-5-6-18(16-21)17-24(27)28/h3-13,16H,2,14-15,17H2,1H3,(H,27,28)/b26-22+. The number of carboxylic acids is 1. The fourth-order valence-electron chi connectivity index (χ4n) is 2.93. The number of benzene rings is 2. The van der Waals surface area contributed by atoms with Crippen LogP contribution in [-0.2, 0) is 16.1 Å². The maximum atomic E-state index is 10.8. The Kier molecular flexibility index (Phi) is 7.55. The highest BCUT2D eigenvalue weighted by Gasteiger charge is 2.05. The van der Waals surface area contributed by atoms with Crippen LogP contribution in [0, 0.1) is 0 Å². The average Bonchev–Trinajstić information content (AvgIpc) is 2.77. The number of hydrogen-bond acceptors (Lipinski definition) is 5. The monoisotopic (exact) mass is 404 g/mol. The minimum atomic E-state index is -0.870. The van der Waals surface area contributed by atoms with E-state index in [1.54, 1.807) is 30.5 Å². The Morgan fingerprint density at radius 3 is 2.57 bits per heavy atom. The van der Waals surface area contributed by atoms with Crippen LogP contribution in [0.25, 0.3) is 11.3 Å². The molecule has 1 aromatic heterocycles. The Bertz CT molecular complexity index is 986. The fraction of sp³-hybridized carbons (Fsp3) is 0.208. The van der Waals surface area contributed by atoms with E-state index in [4.69, 9.17) is 14.7 Å². The highest BCUT2D eigenvalue weighted by molar-refractivity contribution is 6.00. The van der Waals surface area contributed by atoms with Crippen LogP contribution in [0.2, 0.25) is 0 Å². The van der Waals surface area contributed by atoms with E-state index in [-0.39, 0.29) is 6.42 Å². The van der Waals surface area contributed by atoms with Gasteiger partial charge in [-0.1, -0.05) is 54.5 Å². The number of carboxylic acid groups (broad SMARTS) is 1. The van der Waals surface area contributed by atoms with Gasteiger partial charge >= 0.3 is 5.97 Å². The number of carbonyl (C=O) groups is 1. The van der Waals surface area contributed by atoms with E-state index in [9.17, 15) is 4.79 Å². The van der Waals surface area contributed by atoms with E-state index in [0.717, 1.165) is 29.0 Å². The molecular weight excluding hydrogens is 380 g/mol. The fourth-order valence-corrected chi connectivity index (χ4v) is 2.93. The van der Waals surface area contributed by atoms with Crippen LogP contribution in [0.5, 0.6) is 5.75 Å². The van der Waals surface area contributed by atoms with Gasteiger partial charge in [-0.05, 0) is 41.8 Å². The number of ether oxygens (including phenoxy) is 1. The van der Waals surface area contributed by atoms with Crippen molar-refractivity contribution in [2.45, 2.75) is 19.8 Å². The third kappa shape index (κ3) is 6.17. The zero-order valence-corrected chi connectivity index (χ0v) is 16.8. The van der Waals surface area contributed by atoms with Crippen molar-refractivity contribution in [3.05, 3.63) is 84.1 Å². The predicted octanol–water partition coefficient (Wildman–Crippen LogP) is 4.59. The number of aromatic nitrogens is 1. The molecule has 0 spiro atoms. The Hall–Kier alpha value is -3.67. The molecule has 30 heavy (non-hydrogen) atoms. The third-order valence-electron chi connectivity index (χ3n) is 4.39. The summed E-state index contributed by atoms with van der Waals surface area (Å²) in [6.45, 7) is 2.63.